The van der Waals surface area contributed by atoms with Gasteiger partial charge in [-0.25, -0.2) is 0 Å². The molecule has 0 bridgehead atoms. The molecule has 5 heteroatoms. The molecule has 1 fully saturated rings. The van der Waals surface area contributed by atoms with E-state index in [0.29, 0.717) is 13.1 Å². The number of piperazine rings is 1. The van der Waals surface area contributed by atoms with Gasteiger partial charge < -0.3 is 5.11 Å². The van der Waals surface area contributed by atoms with Gasteiger partial charge in [-0.15, -0.1) is 11.3 Å². The Morgan fingerprint density at radius 3 is 2.47 bits per heavy atom. The molecule has 0 aliphatic carbocycles. The number of β-amino-alcohol motifs (C(OH)–C–C–N with tert-alkyl or cyclic N) is 1. The van der Waals surface area contributed by atoms with Crippen LogP contribution in [-0.2, 0) is 0 Å². The van der Waals surface area contributed by atoms with Crippen LogP contribution in [0.3, 0.4) is 0 Å². The van der Waals surface area contributed by atoms with E-state index in [2.05, 4.69) is 9.80 Å². The predicted octanol–water partition coefficient (Wildman–Crippen LogP) is 1.32. The number of rotatable bonds is 5. The lowest BCUT2D eigenvalue weighted by Crippen LogP contribution is -2.51. The van der Waals surface area contributed by atoms with Crippen molar-refractivity contribution in [1.82, 2.24) is 9.80 Å². The second kappa shape index (κ2) is 6.13. The molecule has 0 radical (unpaired) electrons. The highest BCUT2D eigenvalue weighted by Gasteiger charge is 2.23. The van der Waals surface area contributed by atoms with Crippen LogP contribution in [0.4, 0.5) is 0 Å². The van der Waals surface area contributed by atoms with Crippen LogP contribution in [0.5, 0.6) is 0 Å². The highest BCUT2D eigenvalue weighted by molar-refractivity contribution is 7.12. The van der Waals surface area contributed by atoms with E-state index in [-0.39, 0.29) is 5.78 Å². The van der Waals surface area contributed by atoms with Gasteiger partial charge in [0.1, 0.15) is 0 Å². The van der Waals surface area contributed by atoms with Crippen LogP contribution in [0.25, 0.3) is 0 Å². The zero-order valence-corrected chi connectivity index (χ0v) is 12.4. The fourth-order valence-electron chi connectivity index (χ4n) is 2.37. The molecule has 1 N–H and O–H groups in total. The highest BCUT2D eigenvalue weighted by atomic mass is 32.1. The summed E-state index contributed by atoms with van der Waals surface area (Å²) in [6.07, 6.45) is 0. The Bertz CT molecular complexity index is 404. The number of ketones is 1. The second-order valence-corrected chi connectivity index (χ2v) is 6.71. The van der Waals surface area contributed by atoms with Crippen LogP contribution in [0, 0.1) is 0 Å². The Labute approximate surface area is 118 Å². The molecule has 2 heterocycles. The van der Waals surface area contributed by atoms with E-state index in [4.69, 9.17) is 0 Å². The Hall–Kier alpha value is -0.750. The zero-order valence-electron chi connectivity index (χ0n) is 11.6. The fourth-order valence-corrected chi connectivity index (χ4v) is 3.03. The molecule has 2 rings (SSSR count). The molecule has 106 valence electrons. The van der Waals surface area contributed by atoms with Crippen molar-refractivity contribution in [3.63, 3.8) is 0 Å². The van der Waals surface area contributed by atoms with Crippen LogP contribution in [0.15, 0.2) is 17.5 Å². The van der Waals surface area contributed by atoms with Crippen molar-refractivity contribution < 1.29 is 9.90 Å². The Morgan fingerprint density at radius 1 is 1.32 bits per heavy atom. The standard InChI is InChI=1S/C14H22N2O2S/c1-14(2,18)11-16-7-5-15(6-8-16)10-12(17)13-4-3-9-19-13/h3-4,9,18H,5-8,10-11H2,1-2H3. The first kappa shape index (κ1) is 14.7. The summed E-state index contributed by atoms with van der Waals surface area (Å²) in [6.45, 7) is 8.50. The van der Waals surface area contributed by atoms with Gasteiger partial charge in [0.25, 0.3) is 0 Å². The monoisotopic (exact) mass is 282 g/mol. The average Bonchev–Trinajstić information content (AvgIpc) is 2.83. The fraction of sp³-hybridized carbons (Fsp3) is 0.643. The number of hydrogen-bond acceptors (Lipinski definition) is 5. The van der Waals surface area contributed by atoms with E-state index in [1.807, 2.05) is 31.4 Å². The van der Waals surface area contributed by atoms with Crippen molar-refractivity contribution in [3.8, 4) is 0 Å². The van der Waals surface area contributed by atoms with Gasteiger partial charge in [-0.3, -0.25) is 14.6 Å². The summed E-state index contributed by atoms with van der Waals surface area (Å²) in [5.41, 5.74) is -0.644. The van der Waals surface area contributed by atoms with E-state index < -0.39 is 5.60 Å². The number of hydrogen-bond donors (Lipinski definition) is 1. The first-order chi connectivity index (χ1) is 8.94. The second-order valence-electron chi connectivity index (χ2n) is 5.77. The molecule has 4 nitrogen and oxygen atoms in total. The summed E-state index contributed by atoms with van der Waals surface area (Å²) >= 11 is 1.51. The summed E-state index contributed by atoms with van der Waals surface area (Å²) < 4.78 is 0. The Kier molecular flexibility index (Phi) is 4.73. The van der Waals surface area contributed by atoms with E-state index >= 15 is 0 Å². The first-order valence-corrected chi connectivity index (χ1v) is 7.56. The molecule has 0 aromatic carbocycles. The van der Waals surface area contributed by atoms with Gasteiger partial charge in [0.15, 0.2) is 5.78 Å². The molecule has 0 atom stereocenters. The molecule has 0 unspecified atom stereocenters. The largest absolute Gasteiger partial charge is 0.389 e. The number of Topliss-reactive ketones (excluding diaryl/α,β-unsaturated/α-hetero) is 1. The van der Waals surface area contributed by atoms with Gasteiger partial charge in [-0.2, -0.15) is 0 Å². The maximum atomic E-state index is 12.0. The number of carbonyl (C=O) groups excluding carboxylic acids is 1. The van der Waals surface area contributed by atoms with E-state index in [1.165, 1.54) is 11.3 Å². The number of nitrogens with zero attached hydrogens (tertiary/aromatic N) is 2. The molecule has 1 aromatic heterocycles. The van der Waals surface area contributed by atoms with Crippen molar-refractivity contribution in [2.45, 2.75) is 19.4 Å². The van der Waals surface area contributed by atoms with E-state index in [9.17, 15) is 9.90 Å². The van der Waals surface area contributed by atoms with Gasteiger partial charge in [0.2, 0.25) is 0 Å². The Balaban J connectivity index is 1.76. The third-order valence-corrected chi connectivity index (χ3v) is 4.15. The van der Waals surface area contributed by atoms with Crippen LogP contribution in [-0.4, -0.2) is 65.6 Å². The highest BCUT2D eigenvalue weighted by Crippen LogP contribution is 2.12. The molecular weight excluding hydrogens is 260 g/mol. The molecule has 1 aliphatic heterocycles. The maximum absolute atomic E-state index is 12.0. The molecule has 1 aliphatic rings. The van der Waals surface area contributed by atoms with Gasteiger partial charge in [-0.1, -0.05) is 6.07 Å². The zero-order chi connectivity index (χ0) is 13.9. The quantitative estimate of drug-likeness (QED) is 0.827. The van der Waals surface area contributed by atoms with Gasteiger partial charge >= 0.3 is 0 Å². The van der Waals surface area contributed by atoms with Crippen molar-refractivity contribution in [2.24, 2.45) is 0 Å². The first-order valence-electron chi connectivity index (χ1n) is 6.68. The predicted molar refractivity (Wildman–Crippen MR) is 77.8 cm³/mol. The van der Waals surface area contributed by atoms with Crippen LogP contribution in [0.1, 0.15) is 23.5 Å². The minimum atomic E-state index is -0.644. The van der Waals surface area contributed by atoms with Crippen LogP contribution >= 0.6 is 11.3 Å². The normalized spacial score (nSPS) is 18.7. The van der Waals surface area contributed by atoms with Crippen molar-refractivity contribution in [3.05, 3.63) is 22.4 Å². The summed E-state index contributed by atoms with van der Waals surface area (Å²) in [4.78, 5) is 17.3. The third kappa shape index (κ3) is 4.69. The lowest BCUT2D eigenvalue weighted by molar-refractivity contribution is 0.0179. The number of carbonyl (C=O) groups is 1. The van der Waals surface area contributed by atoms with Crippen molar-refractivity contribution in [2.75, 3.05) is 39.3 Å². The smallest absolute Gasteiger partial charge is 0.186 e. The summed E-state index contributed by atoms with van der Waals surface area (Å²) in [7, 11) is 0. The molecule has 1 aromatic rings. The topological polar surface area (TPSA) is 43.8 Å². The third-order valence-electron chi connectivity index (χ3n) is 3.24. The van der Waals surface area contributed by atoms with E-state index in [1.54, 1.807) is 0 Å². The van der Waals surface area contributed by atoms with E-state index in [0.717, 1.165) is 31.1 Å². The molecular formula is C14H22N2O2S. The Morgan fingerprint density at radius 2 is 1.95 bits per heavy atom. The number of aliphatic hydroxyl groups is 1. The van der Waals surface area contributed by atoms with Crippen molar-refractivity contribution >= 4 is 17.1 Å². The van der Waals surface area contributed by atoms with Crippen LogP contribution < -0.4 is 0 Å². The summed E-state index contributed by atoms with van der Waals surface area (Å²) in [5.74, 6) is 0.214. The van der Waals surface area contributed by atoms with Crippen LogP contribution in [0.2, 0.25) is 0 Å². The average molecular weight is 282 g/mol. The molecule has 0 spiro atoms. The van der Waals surface area contributed by atoms with Gasteiger partial charge in [-0.05, 0) is 25.3 Å². The summed E-state index contributed by atoms with van der Waals surface area (Å²) in [6, 6.07) is 3.80. The molecule has 0 amide bonds. The summed E-state index contributed by atoms with van der Waals surface area (Å²) in [5, 5.41) is 11.7. The maximum Gasteiger partial charge on any atom is 0.186 e. The molecule has 1 saturated heterocycles. The van der Waals surface area contributed by atoms with Crippen molar-refractivity contribution in [1.29, 1.82) is 0 Å². The lowest BCUT2D eigenvalue weighted by atomic mass is 10.1. The number of thiophene rings is 1. The minimum absolute atomic E-state index is 0.214. The van der Waals surface area contributed by atoms with Gasteiger partial charge in [0.05, 0.1) is 17.0 Å². The van der Waals surface area contributed by atoms with Gasteiger partial charge in [0, 0.05) is 32.7 Å². The molecule has 0 saturated carbocycles. The lowest BCUT2D eigenvalue weighted by Gasteiger charge is -2.36. The molecule has 19 heavy (non-hydrogen) atoms. The minimum Gasteiger partial charge on any atom is -0.389 e. The SMILES string of the molecule is CC(C)(O)CN1CCN(CC(=O)c2cccs2)CC1.